The van der Waals surface area contributed by atoms with Crippen LogP contribution in [0, 0.1) is 0 Å². The van der Waals surface area contributed by atoms with Crippen LogP contribution in [0.25, 0.3) is 10.6 Å². The Kier molecular flexibility index (Phi) is 5.68. The lowest BCUT2D eigenvalue weighted by atomic mass is 10.1. The lowest BCUT2D eigenvalue weighted by molar-refractivity contribution is -0.137. The fourth-order valence-corrected chi connectivity index (χ4v) is 4.01. The SMILES string of the molecule is COC(=O)c1sc(NCc2csc(-c3ccc(C(F)(F)F)cc3)n2)nc1Cl. The normalized spacial score (nSPS) is 11.4. The van der Waals surface area contributed by atoms with Gasteiger partial charge in [0.1, 0.15) is 5.01 Å². The van der Waals surface area contributed by atoms with E-state index in [-0.39, 0.29) is 10.0 Å². The number of benzene rings is 1. The molecule has 5 nitrogen and oxygen atoms in total. The molecule has 0 atom stereocenters. The number of aromatic nitrogens is 2. The second-order valence-electron chi connectivity index (χ2n) is 5.20. The van der Waals surface area contributed by atoms with Gasteiger partial charge < -0.3 is 10.1 Å². The third-order valence-corrected chi connectivity index (χ3v) is 5.71. The molecule has 3 rings (SSSR count). The maximum Gasteiger partial charge on any atom is 0.416 e. The molecule has 0 aliphatic carbocycles. The molecule has 0 spiro atoms. The highest BCUT2D eigenvalue weighted by molar-refractivity contribution is 7.18. The van der Waals surface area contributed by atoms with Crippen LogP contribution in [-0.4, -0.2) is 23.0 Å². The highest BCUT2D eigenvalue weighted by atomic mass is 35.5. The quantitative estimate of drug-likeness (QED) is 0.550. The first-order valence-corrected chi connectivity index (χ1v) is 9.46. The summed E-state index contributed by atoms with van der Waals surface area (Å²) in [6, 6.07) is 4.84. The van der Waals surface area contributed by atoms with Crippen molar-refractivity contribution in [3.8, 4) is 10.6 Å². The van der Waals surface area contributed by atoms with Gasteiger partial charge in [0.25, 0.3) is 0 Å². The molecule has 142 valence electrons. The summed E-state index contributed by atoms with van der Waals surface area (Å²) in [5.41, 5.74) is 0.581. The van der Waals surface area contributed by atoms with E-state index in [0.29, 0.717) is 27.9 Å². The zero-order valence-corrected chi connectivity index (χ0v) is 16.0. The molecule has 0 radical (unpaired) electrons. The first-order valence-electron chi connectivity index (χ1n) is 7.38. The maximum absolute atomic E-state index is 12.6. The van der Waals surface area contributed by atoms with Crippen LogP contribution >= 0.6 is 34.3 Å². The van der Waals surface area contributed by atoms with Crippen LogP contribution in [0.3, 0.4) is 0 Å². The molecule has 27 heavy (non-hydrogen) atoms. The Hall–Kier alpha value is -2.17. The van der Waals surface area contributed by atoms with E-state index in [0.717, 1.165) is 23.5 Å². The van der Waals surface area contributed by atoms with E-state index in [2.05, 4.69) is 20.0 Å². The van der Waals surface area contributed by atoms with Crippen LogP contribution in [0.2, 0.25) is 5.15 Å². The fraction of sp³-hybridized carbons (Fsp3) is 0.188. The van der Waals surface area contributed by atoms with Gasteiger partial charge in [-0.2, -0.15) is 13.2 Å². The molecule has 0 amide bonds. The Labute approximate surface area is 164 Å². The smallest absolute Gasteiger partial charge is 0.416 e. The number of carbonyl (C=O) groups excluding carboxylic acids is 1. The molecule has 0 fully saturated rings. The number of carbonyl (C=O) groups is 1. The summed E-state index contributed by atoms with van der Waals surface area (Å²) in [5, 5.41) is 5.89. The topological polar surface area (TPSA) is 64.1 Å². The minimum atomic E-state index is -4.37. The van der Waals surface area contributed by atoms with Gasteiger partial charge in [-0.05, 0) is 12.1 Å². The van der Waals surface area contributed by atoms with E-state index in [4.69, 9.17) is 11.6 Å². The van der Waals surface area contributed by atoms with Crippen molar-refractivity contribution in [3.63, 3.8) is 0 Å². The Balaban J connectivity index is 1.67. The van der Waals surface area contributed by atoms with Gasteiger partial charge in [0, 0.05) is 10.9 Å². The van der Waals surface area contributed by atoms with Gasteiger partial charge in [0.05, 0.1) is 24.9 Å². The molecular formula is C16H11ClF3N3O2S2. The number of rotatable bonds is 5. The van der Waals surface area contributed by atoms with Crippen LogP contribution in [0.1, 0.15) is 20.9 Å². The van der Waals surface area contributed by atoms with Gasteiger partial charge in [-0.1, -0.05) is 35.1 Å². The molecule has 0 aliphatic heterocycles. The molecule has 1 N–H and O–H groups in total. The molecule has 0 saturated carbocycles. The number of anilines is 1. The van der Waals surface area contributed by atoms with Crippen molar-refractivity contribution in [2.24, 2.45) is 0 Å². The molecule has 11 heteroatoms. The number of nitrogens with one attached hydrogen (secondary N) is 1. The summed E-state index contributed by atoms with van der Waals surface area (Å²) in [4.78, 5) is 20.2. The first-order chi connectivity index (χ1) is 12.8. The largest absolute Gasteiger partial charge is 0.465 e. The molecule has 2 heterocycles. The van der Waals surface area contributed by atoms with Gasteiger partial charge in [0.15, 0.2) is 15.2 Å². The number of hydrogen-bond acceptors (Lipinski definition) is 7. The fourth-order valence-electron chi connectivity index (χ4n) is 2.08. The number of hydrogen-bond donors (Lipinski definition) is 1. The van der Waals surface area contributed by atoms with Crippen molar-refractivity contribution in [1.29, 1.82) is 0 Å². The molecule has 2 aromatic heterocycles. The summed E-state index contributed by atoms with van der Waals surface area (Å²) < 4.78 is 42.5. The summed E-state index contributed by atoms with van der Waals surface area (Å²) in [7, 11) is 1.25. The van der Waals surface area contributed by atoms with E-state index in [9.17, 15) is 18.0 Å². The van der Waals surface area contributed by atoms with Crippen LogP contribution in [0.4, 0.5) is 18.3 Å². The summed E-state index contributed by atoms with van der Waals surface area (Å²) in [6.07, 6.45) is -4.37. The van der Waals surface area contributed by atoms with Crippen LogP contribution in [-0.2, 0) is 17.5 Å². The third kappa shape index (κ3) is 4.57. The Morgan fingerprint density at radius 3 is 2.59 bits per heavy atom. The molecule has 0 unspecified atom stereocenters. The second-order valence-corrected chi connectivity index (χ2v) is 7.42. The van der Waals surface area contributed by atoms with E-state index < -0.39 is 17.7 Å². The summed E-state index contributed by atoms with van der Waals surface area (Å²) >= 11 is 8.27. The van der Waals surface area contributed by atoms with Crippen LogP contribution in [0.15, 0.2) is 29.6 Å². The molecule has 0 aliphatic rings. The lowest BCUT2D eigenvalue weighted by Gasteiger charge is -2.06. The Morgan fingerprint density at radius 1 is 1.26 bits per heavy atom. The van der Waals surface area contributed by atoms with Gasteiger partial charge in [-0.15, -0.1) is 11.3 Å². The van der Waals surface area contributed by atoms with Gasteiger partial charge in [-0.3, -0.25) is 0 Å². The molecular weight excluding hydrogens is 423 g/mol. The number of alkyl halides is 3. The third-order valence-electron chi connectivity index (χ3n) is 3.39. The highest BCUT2D eigenvalue weighted by Crippen LogP contribution is 2.32. The number of halogens is 4. The predicted octanol–water partition coefficient (Wildman–Crippen LogP) is 5.34. The molecule has 0 bridgehead atoms. The molecule has 1 aromatic carbocycles. The van der Waals surface area contributed by atoms with Crippen molar-refractivity contribution >= 4 is 45.4 Å². The van der Waals surface area contributed by atoms with E-state index in [1.807, 2.05) is 0 Å². The molecule has 3 aromatic rings. The van der Waals surface area contributed by atoms with E-state index >= 15 is 0 Å². The van der Waals surface area contributed by atoms with E-state index in [1.54, 1.807) is 5.38 Å². The highest BCUT2D eigenvalue weighted by Gasteiger charge is 2.30. The second kappa shape index (κ2) is 7.83. The number of thiazole rings is 2. The zero-order chi connectivity index (χ0) is 19.6. The number of esters is 1. The summed E-state index contributed by atoms with van der Waals surface area (Å²) in [5.74, 6) is -0.566. The summed E-state index contributed by atoms with van der Waals surface area (Å²) in [6.45, 7) is 0.321. The lowest BCUT2D eigenvalue weighted by Crippen LogP contribution is -2.04. The van der Waals surface area contributed by atoms with Crippen molar-refractivity contribution in [1.82, 2.24) is 9.97 Å². The number of nitrogens with zero attached hydrogens (tertiary/aromatic N) is 2. The number of methoxy groups -OCH3 is 1. The Bertz CT molecular complexity index is 955. The number of ether oxygens (including phenoxy) is 1. The van der Waals surface area contributed by atoms with Crippen molar-refractivity contribution in [3.05, 3.63) is 50.9 Å². The van der Waals surface area contributed by atoms with Crippen molar-refractivity contribution in [2.45, 2.75) is 12.7 Å². The average molecular weight is 434 g/mol. The zero-order valence-electron chi connectivity index (χ0n) is 13.6. The van der Waals surface area contributed by atoms with Crippen molar-refractivity contribution in [2.75, 3.05) is 12.4 Å². The monoisotopic (exact) mass is 433 g/mol. The molecule has 0 saturated heterocycles. The first kappa shape index (κ1) is 19.6. The standard InChI is InChI=1S/C16H11ClF3N3O2S2/c1-25-14(24)11-12(17)23-15(27-11)21-6-10-7-26-13(22-10)8-2-4-9(5-3-8)16(18,19)20/h2-5,7H,6H2,1H3,(H,21,23). The van der Waals surface area contributed by atoms with E-state index in [1.165, 1.54) is 30.6 Å². The predicted molar refractivity (Wildman–Crippen MR) is 98.3 cm³/mol. The average Bonchev–Trinajstić information content (AvgIpc) is 3.25. The maximum atomic E-state index is 12.6. The minimum Gasteiger partial charge on any atom is -0.465 e. The minimum absolute atomic E-state index is 0.0538. The van der Waals surface area contributed by atoms with Gasteiger partial charge >= 0.3 is 12.1 Å². The van der Waals surface area contributed by atoms with Crippen molar-refractivity contribution < 1.29 is 22.7 Å². The Morgan fingerprint density at radius 2 is 1.96 bits per heavy atom. The van der Waals surface area contributed by atoms with Gasteiger partial charge in [0.2, 0.25) is 0 Å². The van der Waals surface area contributed by atoms with Gasteiger partial charge in [-0.25, -0.2) is 14.8 Å². The van der Waals surface area contributed by atoms with Crippen LogP contribution < -0.4 is 5.32 Å². The van der Waals surface area contributed by atoms with Crippen LogP contribution in [0.5, 0.6) is 0 Å².